The minimum Gasteiger partial charge on any atom is -0.478 e. The zero-order chi connectivity index (χ0) is 14.8. The van der Waals surface area contributed by atoms with Crippen LogP contribution in [0.5, 0.6) is 0 Å². The van der Waals surface area contributed by atoms with Crippen LogP contribution in [0.1, 0.15) is 22.3 Å². The van der Waals surface area contributed by atoms with Crippen LogP contribution in [0.25, 0.3) is 0 Å². The first-order chi connectivity index (χ1) is 10.1. The van der Waals surface area contributed by atoms with Gasteiger partial charge in [-0.05, 0) is 24.1 Å². The number of hydrogen-bond acceptors (Lipinski definition) is 4. The lowest BCUT2D eigenvalue weighted by Gasteiger charge is -2.17. The zero-order valence-corrected chi connectivity index (χ0v) is 11.3. The van der Waals surface area contributed by atoms with Crippen LogP contribution < -0.4 is 4.90 Å². The number of fused-ring (bicyclic) bond motifs is 1. The monoisotopic (exact) mass is 286 g/mol. The van der Waals surface area contributed by atoms with E-state index in [2.05, 4.69) is 10.1 Å². The number of nitrogens with zero attached hydrogens (tertiary/aromatic N) is 4. The third-order valence-corrected chi connectivity index (χ3v) is 3.55. The Morgan fingerprint density at radius 2 is 2.19 bits per heavy atom. The van der Waals surface area contributed by atoms with E-state index in [-0.39, 0.29) is 11.5 Å². The van der Waals surface area contributed by atoms with Crippen molar-refractivity contribution in [2.45, 2.75) is 19.4 Å². The largest absolute Gasteiger partial charge is 0.478 e. The first-order valence-electron chi connectivity index (χ1n) is 6.64. The maximum absolute atomic E-state index is 12.3. The van der Waals surface area contributed by atoms with Gasteiger partial charge in [0, 0.05) is 18.7 Å². The predicted octanol–water partition coefficient (Wildman–Crippen LogP) is 0.956. The van der Waals surface area contributed by atoms with Crippen LogP contribution in [0.2, 0.25) is 0 Å². The van der Waals surface area contributed by atoms with E-state index in [1.165, 1.54) is 6.33 Å². The molecule has 1 aromatic carbocycles. The van der Waals surface area contributed by atoms with Gasteiger partial charge in [0.25, 0.3) is 0 Å². The fraction of sp³-hybridized carbons (Fsp3) is 0.286. The molecule has 7 nitrogen and oxygen atoms in total. The molecule has 21 heavy (non-hydrogen) atoms. The van der Waals surface area contributed by atoms with Gasteiger partial charge >= 0.3 is 5.97 Å². The average Bonchev–Trinajstić information content (AvgIpc) is 3.13. The maximum atomic E-state index is 12.3. The minimum absolute atomic E-state index is 0.0354. The summed E-state index contributed by atoms with van der Waals surface area (Å²) < 4.78 is 1.60. The number of aromatic carboxylic acids is 1. The molecule has 7 heteroatoms. The van der Waals surface area contributed by atoms with E-state index in [1.54, 1.807) is 34.1 Å². The summed E-state index contributed by atoms with van der Waals surface area (Å²) in [5.41, 5.74) is 1.91. The summed E-state index contributed by atoms with van der Waals surface area (Å²) in [6.07, 6.45) is 4.05. The highest BCUT2D eigenvalue weighted by molar-refractivity contribution is 5.97. The van der Waals surface area contributed by atoms with Gasteiger partial charge in [0.1, 0.15) is 12.7 Å². The number of carbonyl (C=O) groups excluding carboxylic acids is 1. The van der Waals surface area contributed by atoms with Crippen LogP contribution in [0, 0.1) is 0 Å². The Morgan fingerprint density at radius 1 is 1.33 bits per heavy atom. The molecule has 1 N–H and O–H groups in total. The zero-order valence-electron chi connectivity index (χ0n) is 11.3. The van der Waals surface area contributed by atoms with Crippen molar-refractivity contribution in [2.75, 3.05) is 11.4 Å². The quantitative estimate of drug-likeness (QED) is 0.904. The number of aryl methyl sites for hydroxylation is 1. The standard InChI is InChI=1S/C14H14N4O3/c19-13(4-5-17-9-15-8-16-17)18-6-3-10-1-2-11(14(20)21)7-12(10)18/h1-2,7-9H,3-6H2,(H,20,21). The summed E-state index contributed by atoms with van der Waals surface area (Å²) in [6, 6.07) is 4.92. The van der Waals surface area contributed by atoms with Gasteiger partial charge in [-0.25, -0.2) is 9.78 Å². The Morgan fingerprint density at radius 3 is 2.90 bits per heavy atom. The Bertz CT molecular complexity index is 682. The third-order valence-electron chi connectivity index (χ3n) is 3.55. The molecule has 0 aliphatic carbocycles. The van der Waals surface area contributed by atoms with Crippen molar-refractivity contribution in [3.05, 3.63) is 42.0 Å². The molecule has 2 heterocycles. The van der Waals surface area contributed by atoms with Gasteiger partial charge in [-0.15, -0.1) is 0 Å². The first kappa shape index (κ1) is 13.3. The van der Waals surface area contributed by atoms with E-state index in [0.717, 1.165) is 12.0 Å². The van der Waals surface area contributed by atoms with Crippen molar-refractivity contribution in [3.8, 4) is 0 Å². The average molecular weight is 286 g/mol. The molecule has 1 aliphatic heterocycles. The van der Waals surface area contributed by atoms with Gasteiger partial charge in [0.15, 0.2) is 0 Å². The number of carboxylic acid groups (broad SMARTS) is 1. The molecule has 0 unspecified atom stereocenters. The van der Waals surface area contributed by atoms with Gasteiger partial charge < -0.3 is 10.0 Å². The van der Waals surface area contributed by atoms with Crippen LogP contribution in [-0.2, 0) is 17.8 Å². The van der Waals surface area contributed by atoms with Gasteiger partial charge in [0.05, 0.1) is 12.1 Å². The van der Waals surface area contributed by atoms with E-state index in [0.29, 0.717) is 25.2 Å². The molecule has 1 aliphatic rings. The highest BCUT2D eigenvalue weighted by atomic mass is 16.4. The SMILES string of the molecule is O=C(O)c1ccc2c(c1)N(C(=O)CCn1cncn1)CC2. The molecule has 0 radical (unpaired) electrons. The number of anilines is 1. The van der Waals surface area contributed by atoms with Crippen molar-refractivity contribution in [3.63, 3.8) is 0 Å². The molecule has 1 aromatic heterocycles. The molecular formula is C14H14N4O3. The van der Waals surface area contributed by atoms with E-state index in [9.17, 15) is 9.59 Å². The minimum atomic E-state index is -0.986. The summed E-state index contributed by atoms with van der Waals surface area (Å²) in [5, 5.41) is 13.0. The number of carbonyl (C=O) groups is 2. The summed E-state index contributed by atoms with van der Waals surface area (Å²) in [6.45, 7) is 1.05. The summed E-state index contributed by atoms with van der Waals surface area (Å²) in [4.78, 5) is 28.8. The van der Waals surface area contributed by atoms with Crippen molar-refractivity contribution in [2.24, 2.45) is 0 Å². The highest BCUT2D eigenvalue weighted by Crippen LogP contribution is 2.29. The molecule has 0 saturated carbocycles. The van der Waals surface area contributed by atoms with Crippen molar-refractivity contribution < 1.29 is 14.7 Å². The molecule has 2 aromatic rings. The highest BCUT2D eigenvalue weighted by Gasteiger charge is 2.25. The van der Waals surface area contributed by atoms with Gasteiger partial charge in [-0.3, -0.25) is 9.48 Å². The predicted molar refractivity (Wildman–Crippen MR) is 74.1 cm³/mol. The molecule has 0 spiro atoms. The normalized spacial score (nSPS) is 13.2. The molecule has 1 amide bonds. The van der Waals surface area contributed by atoms with Crippen LogP contribution >= 0.6 is 0 Å². The molecule has 108 valence electrons. The number of amides is 1. The number of aromatic nitrogens is 3. The Labute approximate surface area is 120 Å². The molecule has 0 bridgehead atoms. The lowest BCUT2D eigenvalue weighted by Crippen LogP contribution is -2.29. The summed E-state index contributed by atoms with van der Waals surface area (Å²) in [7, 11) is 0. The molecule has 0 saturated heterocycles. The fourth-order valence-electron chi connectivity index (χ4n) is 2.46. The van der Waals surface area contributed by atoms with Crippen LogP contribution in [0.15, 0.2) is 30.9 Å². The third kappa shape index (κ3) is 2.62. The Hall–Kier alpha value is -2.70. The number of benzene rings is 1. The van der Waals surface area contributed by atoms with Crippen LogP contribution in [-0.4, -0.2) is 38.3 Å². The van der Waals surface area contributed by atoms with Gasteiger partial charge in [0.2, 0.25) is 5.91 Å². The van der Waals surface area contributed by atoms with E-state index >= 15 is 0 Å². The smallest absolute Gasteiger partial charge is 0.335 e. The maximum Gasteiger partial charge on any atom is 0.335 e. The summed E-state index contributed by atoms with van der Waals surface area (Å²) >= 11 is 0. The van der Waals surface area contributed by atoms with Crippen molar-refractivity contribution in [1.29, 1.82) is 0 Å². The van der Waals surface area contributed by atoms with Crippen molar-refractivity contribution in [1.82, 2.24) is 14.8 Å². The first-order valence-corrected chi connectivity index (χ1v) is 6.64. The number of rotatable bonds is 4. The molecule has 0 fully saturated rings. The number of hydrogen-bond donors (Lipinski definition) is 1. The Balaban J connectivity index is 1.75. The second-order valence-corrected chi connectivity index (χ2v) is 4.85. The molecular weight excluding hydrogens is 272 g/mol. The second-order valence-electron chi connectivity index (χ2n) is 4.85. The topological polar surface area (TPSA) is 88.3 Å². The lowest BCUT2D eigenvalue weighted by atomic mass is 10.1. The molecule has 0 atom stereocenters. The van der Waals surface area contributed by atoms with E-state index in [1.807, 2.05) is 0 Å². The fourth-order valence-corrected chi connectivity index (χ4v) is 2.46. The van der Waals surface area contributed by atoms with Crippen LogP contribution in [0.3, 0.4) is 0 Å². The van der Waals surface area contributed by atoms with Gasteiger partial charge in [-0.1, -0.05) is 6.07 Å². The second kappa shape index (κ2) is 5.35. The van der Waals surface area contributed by atoms with Crippen LogP contribution in [0.4, 0.5) is 5.69 Å². The number of carboxylic acids is 1. The molecule has 3 rings (SSSR count). The lowest BCUT2D eigenvalue weighted by molar-refractivity contribution is -0.118. The summed E-state index contributed by atoms with van der Waals surface area (Å²) in [5.74, 6) is -1.02. The Kier molecular flexibility index (Phi) is 3.39. The van der Waals surface area contributed by atoms with Gasteiger partial charge in [-0.2, -0.15) is 5.10 Å². The van der Waals surface area contributed by atoms with E-state index in [4.69, 9.17) is 5.11 Å². The van der Waals surface area contributed by atoms with Crippen molar-refractivity contribution >= 4 is 17.6 Å². The van der Waals surface area contributed by atoms with E-state index < -0.39 is 5.97 Å².